The number of amides is 1. The first-order chi connectivity index (χ1) is 16.2. The van der Waals surface area contributed by atoms with E-state index >= 15 is 0 Å². The van der Waals surface area contributed by atoms with Gasteiger partial charge in [0.15, 0.2) is 6.61 Å². The number of ether oxygens (including phenoxy) is 1. The molecule has 0 bridgehead atoms. The summed E-state index contributed by atoms with van der Waals surface area (Å²) in [5, 5.41) is 4.89. The van der Waals surface area contributed by atoms with Gasteiger partial charge < -0.3 is 14.5 Å². The van der Waals surface area contributed by atoms with Crippen molar-refractivity contribution in [3.05, 3.63) is 88.2 Å². The number of aromatic nitrogens is 2. The molecule has 0 atom stereocenters. The van der Waals surface area contributed by atoms with E-state index in [1.165, 1.54) is 11.0 Å². The van der Waals surface area contributed by atoms with Gasteiger partial charge in [-0.05, 0) is 36.3 Å². The van der Waals surface area contributed by atoms with Gasteiger partial charge in [-0.25, -0.2) is 9.48 Å². The normalized spacial score (nSPS) is 11.0. The second-order valence-electron chi connectivity index (χ2n) is 8.18. The minimum Gasteiger partial charge on any atom is -0.452 e. The molecule has 0 radical (unpaired) electrons. The van der Waals surface area contributed by atoms with Crippen molar-refractivity contribution in [2.45, 2.75) is 20.0 Å². The number of aryl methyl sites for hydroxylation is 1. The van der Waals surface area contributed by atoms with E-state index < -0.39 is 5.97 Å². The molecule has 0 aliphatic heterocycles. The summed E-state index contributed by atoms with van der Waals surface area (Å²) >= 11 is 6.47. The molecule has 0 N–H and O–H groups in total. The summed E-state index contributed by atoms with van der Waals surface area (Å²) in [4.78, 5) is 28.1. The third-order valence-electron chi connectivity index (χ3n) is 5.31. The van der Waals surface area contributed by atoms with Crippen LogP contribution >= 0.6 is 11.6 Å². The van der Waals surface area contributed by atoms with Gasteiger partial charge in [0.05, 0.1) is 12.2 Å². The third-order valence-corrected chi connectivity index (χ3v) is 5.71. The Bertz CT molecular complexity index is 1150. The molecule has 1 amide bonds. The molecule has 1 heterocycles. The summed E-state index contributed by atoms with van der Waals surface area (Å²) in [6.45, 7) is 2.43. The molecule has 0 unspecified atom stereocenters. The number of benzene rings is 2. The first-order valence-electron chi connectivity index (χ1n) is 10.9. The molecule has 2 aromatic carbocycles. The molecular weight excluding hydrogens is 452 g/mol. The van der Waals surface area contributed by atoms with Gasteiger partial charge in [-0.1, -0.05) is 54.1 Å². The molecule has 0 spiro atoms. The standard InChI is InChI=1S/C26H29ClN4O3/c1-19-23(26(27)31(28-19)17-20-8-6-5-7-9-20)14-15-25(33)34-18-24(32)30(4)16-21-10-12-22(13-11-21)29(2)3/h5-15H,16-18H2,1-4H3/b15-14+. The third kappa shape index (κ3) is 6.71. The van der Waals surface area contributed by atoms with Crippen molar-refractivity contribution in [2.75, 3.05) is 32.6 Å². The van der Waals surface area contributed by atoms with E-state index in [-0.39, 0.29) is 12.5 Å². The van der Waals surface area contributed by atoms with E-state index in [9.17, 15) is 9.59 Å². The monoisotopic (exact) mass is 480 g/mol. The second kappa shape index (κ2) is 11.5. The van der Waals surface area contributed by atoms with Crippen LogP contribution in [-0.4, -0.2) is 54.3 Å². The lowest BCUT2D eigenvalue weighted by Gasteiger charge is -2.18. The number of rotatable bonds is 9. The van der Waals surface area contributed by atoms with Crippen LogP contribution in [0.15, 0.2) is 60.7 Å². The second-order valence-corrected chi connectivity index (χ2v) is 8.54. The number of carbonyl (C=O) groups excluding carboxylic acids is 2. The Morgan fingerprint density at radius 3 is 2.35 bits per heavy atom. The Morgan fingerprint density at radius 1 is 1.03 bits per heavy atom. The Morgan fingerprint density at radius 2 is 1.71 bits per heavy atom. The minimum absolute atomic E-state index is 0.289. The maximum absolute atomic E-state index is 12.4. The van der Waals surface area contributed by atoms with E-state index in [4.69, 9.17) is 16.3 Å². The predicted molar refractivity (Wildman–Crippen MR) is 135 cm³/mol. The zero-order chi connectivity index (χ0) is 24.7. The molecule has 34 heavy (non-hydrogen) atoms. The predicted octanol–water partition coefficient (Wildman–Crippen LogP) is 4.17. The fraction of sp³-hybridized carbons (Fsp3) is 0.269. The van der Waals surface area contributed by atoms with Crippen molar-refractivity contribution in [3.8, 4) is 0 Å². The average molecular weight is 481 g/mol. The molecule has 0 saturated carbocycles. The lowest BCUT2D eigenvalue weighted by molar-refractivity contribution is -0.147. The van der Waals surface area contributed by atoms with Gasteiger partial charge in [0.25, 0.3) is 5.91 Å². The topological polar surface area (TPSA) is 67.7 Å². The van der Waals surface area contributed by atoms with Crippen molar-refractivity contribution in [1.82, 2.24) is 14.7 Å². The number of esters is 1. The van der Waals surface area contributed by atoms with Crippen molar-refractivity contribution in [1.29, 1.82) is 0 Å². The Balaban J connectivity index is 1.52. The highest BCUT2D eigenvalue weighted by Crippen LogP contribution is 2.22. The summed E-state index contributed by atoms with van der Waals surface area (Å²) < 4.78 is 6.80. The van der Waals surface area contributed by atoms with Crippen molar-refractivity contribution in [3.63, 3.8) is 0 Å². The van der Waals surface area contributed by atoms with E-state index in [1.54, 1.807) is 17.8 Å². The summed E-state index contributed by atoms with van der Waals surface area (Å²) in [6, 6.07) is 17.8. The Kier molecular flexibility index (Phi) is 8.49. The number of halogens is 1. The summed E-state index contributed by atoms with van der Waals surface area (Å²) in [6.07, 6.45) is 2.82. The van der Waals surface area contributed by atoms with Crippen molar-refractivity contribution < 1.29 is 14.3 Å². The van der Waals surface area contributed by atoms with E-state index in [0.29, 0.717) is 29.5 Å². The molecule has 0 aliphatic rings. The summed E-state index contributed by atoms with van der Waals surface area (Å²) in [5.41, 5.74) is 4.48. The van der Waals surface area contributed by atoms with Gasteiger partial charge in [0, 0.05) is 45.0 Å². The lowest BCUT2D eigenvalue weighted by atomic mass is 10.2. The zero-order valence-electron chi connectivity index (χ0n) is 19.9. The maximum atomic E-state index is 12.4. The largest absolute Gasteiger partial charge is 0.452 e. The van der Waals surface area contributed by atoms with Gasteiger partial charge in [0.1, 0.15) is 5.15 Å². The average Bonchev–Trinajstić information content (AvgIpc) is 3.09. The molecule has 8 heteroatoms. The number of carbonyl (C=O) groups is 2. The zero-order valence-corrected chi connectivity index (χ0v) is 20.6. The van der Waals surface area contributed by atoms with Crippen molar-refractivity contribution >= 4 is 35.2 Å². The molecule has 178 valence electrons. The quantitative estimate of drug-likeness (QED) is 0.339. The molecule has 3 rings (SSSR count). The number of hydrogen-bond donors (Lipinski definition) is 0. The van der Waals surface area contributed by atoms with Gasteiger partial charge in [0.2, 0.25) is 0 Å². The van der Waals surface area contributed by atoms with Gasteiger partial charge in [-0.2, -0.15) is 5.10 Å². The Hall–Kier alpha value is -3.58. The number of likely N-dealkylation sites (N-methyl/N-ethyl adjacent to an activating group) is 1. The number of hydrogen-bond acceptors (Lipinski definition) is 5. The van der Waals surface area contributed by atoms with Crippen LogP contribution in [0.5, 0.6) is 0 Å². The fourth-order valence-corrected chi connectivity index (χ4v) is 3.62. The van der Waals surface area contributed by atoms with E-state index in [0.717, 1.165) is 16.8 Å². The number of nitrogens with zero attached hydrogens (tertiary/aromatic N) is 4. The van der Waals surface area contributed by atoms with Crippen molar-refractivity contribution in [2.24, 2.45) is 0 Å². The minimum atomic E-state index is -0.622. The smallest absolute Gasteiger partial charge is 0.331 e. The first-order valence-corrected chi connectivity index (χ1v) is 11.2. The van der Waals surface area contributed by atoms with Gasteiger partial charge in [-0.15, -0.1) is 0 Å². The highest BCUT2D eigenvalue weighted by Gasteiger charge is 2.14. The van der Waals surface area contributed by atoms with Crippen LogP contribution < -0.4 is 4.90 Å². The molecule has 0 saturated heterocycles. The van der Waals surface area contributed by atoms with E-state index in [2.05, 4.69) is 5.10 Å². The fourth-order valence-electron chi connectivity index (χ4n) is 3.32. The lowest BCUT2D eigenvalue weighted by Crippen LogP contribution is -2.30. The molecule has 3 aromatic rings. The summed E-state index contributed by atoms with van der Waals surface area (Å²) in [7, 11) is 5.62. The van der Waals surface area contributed by atoms with Crippen LogP contribution in [0.1, 0.15) is 22.4 Å². The first kappa shape index (κ1) is 25.1. The van der Waals surface area contributed by atoms with Crippen LogP contribution in [-0.2, 0) is 27.4 Å². The van der Waals surface area contributed by atoms with E-state index in [1.807, 2.05) is 80.5 Å². The number of anilines is 1. The molecular formula is C26H29ClN4O3. The highest BCUT2D eigenvalue weighted by molar-refractivity contribution is 6.31. The Labute approximate surface area is 205 Å². The van der Waals surface area contributed by atoms with Crippen LogP contribution in [0.4, 0.5) is 5.69 Å². The van der Waals surface area contributed by atoms with Gasteiger partial charge in [-0.3, -0.25) is 4.79 Å². The van der Waals surface area contributed by atoms with Crippen LogP contribution in [0.3, 0.4) is 0 Å². The van der Waals surface area contributed by atoms with Crippen LogP contribution in [0.2, 0.25) is 5.15 Å². The molecule has 0 aliphatic carbocycles. The van der Waals surface area contributed by atoms with Crippen LogP contribution in [0, 0.1) is 6.92 Å². The molecule has 0 fully saturated rings. The highest BCUT2D eigenvalue weighted by atomic mass is 35.5. The van der Waals surface area contributed by atoms with Gasteiger partial charge >= 0.3 is 5.97 Å². The molecule has 1 aromatic heterocycles. The SMILES string of the molecule is Cc1nn(Cc2ccccc2)c(Cl)c1/C=C/C(=O)OCC(=O)N(C)Cc1ccc(N(C)C)cc1. The molecule has 7 nitrogen and oxygen atoms in total. The summed E-state index contributed by atoms with van der Waals surface area (Å²) in [5.74, 6) is -0.910. The van der Waals surface area contributed by atoms with Crippen LogP contribution in [0.25, 0.3) is 6.08 Å². The maximum Gasteiger partial charge on any atom is 0.331 e.